The Morgan fingerprint density at radius 1 is 1.50 bits per heavy atom. The van der Waals surface area contributed by atoms with Crippen LogP contribution in [-0.4, -0.2) is 4.98 Å². The molecule has 1 aliphatic carbocycles. The van der Waals surface area contributed by atoms with Crippen molar-refractivity contribution in [3.05, 3.63) is 30.2 Å². The summed E-state index contributed by atoms with van der Waals surface area (Å²) in [4.78, 5) is 4.05. The fraction of sp³-hybridized carbons (Fsp3) is 0.273. The summed E-state index contributed by atoms with van der Waals surface area (Å²) < 4.78 is 5.21. The van der Waals surface area contributed by atoms with E-state index in [0.717, 1.165) is 17.5 Å². The molecule has 0 saturated heterocycles. The van der Waals surface area contributed by atoms with Crippen LogP contribution in [0, 0.1) is 17.2 Å². The molecule has 1 aliphatic rings. The molecular weight excluding hydrogens is 176 g/mol. The van der Waals surface area contributed by atoms with Gasteiger partial charge >= 0.3 is 0 Å². The molecule has 2 aromatic rings. The maximum Gasteiger partial charge on any atom is 0.181 e. The molecule has 0 amide bonds. The summed E-state index contributed by atoms with van der Waals surface area (Å²) in [6, 6.07) is 8.25. The molecular formula is C11H8N2O. The highest BCUT2D eigenvalue weighted by Gasteiger charge is 2.38. The van der Waals surface area contributed by atoms with E-state index >= 15 is 0 Å². The van der Waals surface area contributed by atoms with Crippen molar-refractivity contribution in [2.75, 3.05) is 0 Å². The van der Waals surface area contributed by atoms with Crippen LogP contribution < -0.4 is 0 Å². The number of fused-ring (bicyclic) bond motifs is 1. The molecule has 3 nitrogen and oxygen atoms in total. The lowest BCUT2D eigenvalue weighted by Gasteiger charge is -1.95. The monoisotopic (exact) mass is 184 g/mol. The summed E-state index contributed by atoms with van der Waals surface area (Å²) >= 11 is 0. The van der Waals surface area contributed by atoms with E-state index in [4.69, 9.17) is 9.68 Å². The van der Waals surface area contributed by atoms with Crippen LogP contribution in [0.25, 0.3) is 11.1 Å². The minimum Gasteiger partial charge on any atom is -0.443 e. The van der Waals surface area contributed by atoms with Crippen molar-refractivity contribution in [3.63, 3.8) is 0 Å². The molecule has 2 atom stereocenters. The SMILES string of the molecule is N#CC1CC1c1ccc2ncoc2c1. The Morgan fingerprint density at radius 3 is 3.21 bits per heavy atom. The zero-order valence-corrected chi connectivity index (χ0v) is 7.47. The summed E-state index contributed by atoms with van der Waals surface area (Å²) in [5, 5.41) is 8.73. The Kier molecular flexibility index (Phi) is 1.40. The number of hydrogen-bond acceptors (Lipinski definition) is 3. The molecule has 1 heterocycles. The molecule has 2 unspecified atom stereocenters. The molecule has 3 heteroatoms. The minimum absolute atomic E-state index is 0.204. The second kappa shape index (κ2) is 2.58. The Hall–Kier alpha value is -1.82. The topological polar surface area (TPSA) is 49.8 Å². The van der Waals surface area contributed by atoms with Crippen molar-refractivity contribution < 1.29 is 4.42 Å². The molecule has 14 heavy (non-hydrogen) atoms. The van der Waals surface area contributed by atoms with E-state index in [-0.39, 0.29) is 5.92 Å². The maximum atomic E-state index is 8.73. The van der Waals surface area contributed by atoms with Crippen LogP contribution in [0.1, 0.15) is 17.9 Å². The fourth-order valence-corrected chi connectivity index (χ4v) is 1.81. The molecule has 0 aliphatic heterocycles. The number of benzene rings is 1. The van der Waals surface area contributed by atoms with Crippen LogP contribution in [0.4, 0.5) is 0 Å². The third-order valence-corrected chi connectivity index (χ3v) is 2.74. The van der Waals surface area contributed by atoms with Crippen molar-refractivity contribution in [3.8, 4) is 6.07 Å². The van der Waals surface area contributed by atoms with Gasteiger partial charge in [0, 0.05) is 5.92 Å². The lowest BCUT2D eigenvalue weighted by molar-refractivity contribution is 0.601. The van der Waals surface area contributed by atoms with Gasteiger partial charge in [-0.1, -0.05) is 6.07 Å². The van der Waals surface area contributed by atoms with Crippen molar-refractivity contribution in [1.82, 2.24) is 4.98 Å². The Morgan fingerprint density at radius 2 is 2.43 bits per heavy atom. The van der Waals surface area contributed by atoms with E-state index in [0.29, 0.717) is 5.92 Å². The summed E-state index contributed by atoms with van der Waals surface area (Å²) in [6.45, 7) is 0. The first-order valence-corrected chi connectivity index (χ1v) is 4.61. The van der Waals surface area contributed by atoms with Crippen LogP contribution in [0.15, 0.2) is 29.0 Å². The molecule has 1 aromatic carbocycles. The quantitative estimate of drug-likeness (QED) is 0.684. The highest BCUT2D eigenvalue weighted by molar-refractivity contribution is 5.73. The lowest BCUT2D eigenvalue weighted by atomic mass is 10.1. The second-order valence-electron chi connectivity index (χ2n) is 3.66. The first-order chi connectivity index (χ1) is 6.88. The van der Waals surface area contributed by atoms with Gasteiger partial charge in [-0.25, -0.2) is 4.98 Å². The molecule has 3 rings (SSSR count). The highest BCUT2D eigenvalue weighted by Crippen LogP contribution is 2.47. The van der Waals surface area contributed by atoms with Gasteiger partial charge in [0.2, 0.25) is 0 Å². The van der Waals surface area contributed by atoms with E-state index in [1.807, 2.05) is 18.2 Å². The van der Waals surface area contributed by atoms with E-state index in [1.54, 1.807) is 0 Å². The number of hydrogen-bond donors (Lipinski definition) is 0. The number of rotatable bonds is 1. The molecule has 1 aromatic heterocycles. The van der Waals surface area contributed by atoms with Crippen LogP contribution in [-0.2, 0) is 0 Å². The van der Waals surface area contributed by atoms with Gasteiger partial charge in [-0.15, -0.1) is 0 Å². The van der Waals surface area contributed by atoms with Gasteiger partial charge in [-0.2, -0.15) is 5.26 Å². The second-order valence-corrected chi connectivity index (χ2v) is 3.66. The van der Waals surface area contributed by atoms with Gasteiger partial charge in [0.25, 0.3) is 0 Å². The average molecular weight is 184 g/mol. The Labute approximate surface area is 81.0 Å². The molecule has 0 bridgehead atoms. The van der Waals surface area contributed by atoms with Crippen molar-refractivity contribution in [2.24, 2.45) is 5.92 Å². The number of nitriles is 1. The van der Waals surface area contributed by atoms with E-state index in [9.17, 15) is 0 Å². The average Bonchev–Trinajstić information content (AvgIpc) is 2.87. The van der Waals surface area contributed by atoms with Crippen LogP contribution in [0.3, 0.4) is 0 Å². The van der Waals surface area contributed by atoms with Gasteiger partial charge in [0.05, 0.1) is 12.0 Å². The lowest BCUT2D eigenvalue weighted by Crippen LogP contribution is -1.81. The molecule has 68 valence electrons. The summed E-state index contributed by atoms with van der Waals surface area (Å²) in [6.07, 6.45) is 2.43. The zero-order chi connectivity index (χ0) is 9.54. The van der Waals surface area contributed by atoms with E-state index in [1.165, 1.54) is 12.0 Å². The molecule has 0 radical (unpaired) electrons. The number of oxazole rings is 1. The first kappa shape index (κ1) is 7.57. The van der Waals surface area contributed by atoms with Gasteiger partial charge < -0.3 is 4.42 Å². The smallest absolute Gasteiger partial charge is 0.181 e. The fourth-order valence-electron chi connectivity index (χ4n) is 1.81. The molecule has 0 spiro atoms. The third kappa shape index (κ3) is 1.01. The number of nitrogens with zero attached hydrogens (tertiary/aromatic N) is 2. The van der Waals surface area contributed by atoms with Crippen LogP contribution in [0.5, 0.6) is 0 Å². The molecule has 1 saturated carbocycles. The Balaban J connectivity index is 2.03. The van der Waals surface area contributed by atoms with Crippen LogP contribution in [0.2, 0.25) is 0 Å². The summed E-state index contributed by atoms with van der Waals surface area (Å²) in [7, 11) is 0. The Bertz CT molecular complexity index is 523. The standard InChI is InChI=1S/C11H8N2O/c12-5-8-3-9(8)7-1-2-10-11(4-7)14-6-13-10/h1-2,4,6,8-9H,3H2. The van der Waals surface area contributed by atoms with Gasteiger partial charge in [0.15, 0.2) is 12.0 Å². The van der Waals surface area contributed by atoms with Crippen molar-refractivity contribution in [2.45, 2.75) is 12.3 Å². The van der Waals surface area contributed by atoms with E-state index in [2.05, 4.69) is 11.1 Å². The normalized spacial score (nSPS) is 24.8. The van der Waals surface area contributed by atoms with Crippen molar-refractivity contribution in [1.29, 1.82) is 5.26 Å². The number of aromatic nitrogens is 1. The minimum atomic E-state index is 0.204. The maximum absolute atomic E-state index is 8.73. The van der Waals surface area contributed by atoms with E-state index < -0.39 is 0 Å². The third-order valence-electron chi connectivity index (χ3n) is 2.74. The summed E-state index contributed by atoms with van der Waals surface area (Å²) in [5.41, 5.74) is 2.88. The summed E-state index contributed by atoms with van der Waals surface area (Å²) in [5.74, 6) is 0.616. The van der Waals surface area contributed by atoms with Gasteiger partial charge in [-0.05, 0) is 24.1 Å². The predicted molar refractivity (Wildman–Crippen MR) is 50.5 cm³/mol. The zero-order valence-electron chi connectivity index (χ0n) is 7.47. The largest absolute Gasteiger partial charge is 0.443 e. The van der Waals surface area contributed by atoms with Gasteiger partial charge in [0.1, 0.15) is 5.52 Å². The van der Waals surface area contributed by atoms with Crippen molar-refractivity contribution >= 4 is 11.1 Å². The highest BCUT2D eigenvalue weighted by atomic mass is 16.3. The first-order valence-electron chi connectivity index (χ1n) is 4.61. The molecule has 0 N–H and O–H groups in total. The molecule has 1 fully saturated rings. The predicted octanol–water partition coefficient (Wildman–Crippen LogP) is 2.45. The van der Waals surface area contributed by atoms with Gasteiger partial charge in [-0.3, -0.25) is 0 Å². The van der Waals surface area contributed by atoms with Crippen LogP contribution >= 0.6 is 0 Å².